The molecule has 0 fully saturated rings. The lowest BCUT2D eigenvalue weighted by atomic mass is 9.79. The van der Waals surface area contributed by atoms with E-state index in [-0.39, 0.29) is 206 Å². The molecule has 19 nitrogen and oxygen atoms in total. The Bertz CT molecular complexity index is 1640. The lowest BCUT2D eigenvalue weighted by Gasteiger charge is -2.39. The molecular weight excluding hydrogens is 933 g/mol. The van der Waals surface area contributed by atoms with Crippen molar-refractivity contribution in [2.45, 2.75) is 251 Å². The highest BCUT2D eigenvalue weighted by atomic mass is 16.4. The van der Waals surface area contributed by atoms with Crippen molar-refractivity contribution in [2.24, 2.45) is 0 Å². The Morgan fingerprint density at radius 3 is 0.514 bits per heavy atom. The van der Waals surface area contributed by atoms with Crippen LogP contribution in [0.25, 0.3) is 0 Å². The van der Waals surface area contributed by atoms with Crippen LogP contribution in [0.3, 0.4) is 0 Å². The molecule has 0 bridgehead atoms. The first-order valence-electron chi connectivity index (χ1n) is 25.3. The maximum atomic E-state index is 14.3. The summed E-state index contributed by atoms with van der Waals surface area (Å²) in [5.41, 5.74) is -5.17. The quantitative estimate of drug-likeness (QED) is 0.0472. The van der Waals surface area contributed by atoms with Crippen molar-refractivity contribution < 1.29 is 72.2 Å². The molecule has 4 amide bonds. The highest BCUT2D eigenvalue weighted by Gasteiger charge is 2.39. The summed E-state index contributed by atoms with van der Waals surface area (Å²) >= 11 is 0. The number of carbonyl (C=O) groups excluding carboxylic acids is 13. The molecule has 406 valence electrons. The van der Waals surface area contributed by atoms with E-state index in [1.54, 1.807) is 0 Å². The Kier molecular flexibility index (Phi) is 30.6. The molecule has 0 aliphatic rings. The number of Topliss-reactive ketones (excluding diaryl/α,β-unsaturated/α-hetero) is 9. The van der Waals surface area contributed by atoms with Gasteiger partial charge in [0.2, 0.25) is 23.6 Å². The summed E-state index contributed by atoms with van der Waals surface area (Å²) in [6, 6.07) is 0. The number of hydrogen-bond donors (Lipinski definition) is 5. The first-order valence-corrected chi connectivity index (χ1v) is 25.3. The molecule has 72 heavy (non-hydrogen) atoms. The molecule has 0 aliphatic heterocycles. The van der Waals surface area contributed by atoms with Gasteiger partial charge in [0.25, 0.3) is 0 Å². The molecular formula is C53H84N4O15. The van der Waals surface area contributed by atoms with Gasteiger partial charge in [-0.3, -0.25) is 24.0 Å². The van der Waals surface area contributed by atoms with E-state index in [0.29, 0.717) is 0 Å². The Morgan fingerprint density at radius 2 is 0.375 bits per heavy atom. The van der Waals surface area contributed by atoms with E-state index in [2.05, 4.69) is 21.3 Å². The van der Waals surface area contributed by atoms with Crippen LogP contribution in [0.4, 0.5) is 0 Å². The van der Waals surface area contributed by atoms with Gasteiger partial charge in [-0.2, -0.15) is 0 Å². The number of rotatable bonds is 43. The third-order valence-corrected chi connectivity index (χ3v) is 13.3. The second-order valence-electron chi connectivity index (χ2n) is 20.5. The molecule has 5 N–H and O–H groups in total. The number of amides is 4. The predicted molar refractivity (Wildman–Crippen MR) is 267 cm³/mol. The van der Waals surface area contributed by atoms with Crippen LogP contribution in [0, 0.1) is 0 Å². The van der Waals surface area contributed by atoms with Crippen molar-refractivity contribution in [3.63, 3.8) is 0 Å². The zero-order chi connectivity index (χ0) is 55.3. The topological polar surface area (TPSA) is 307 Å². The van der Waals surface area contributed by atoms with Gasteiger partial charge in [0.1, 0.15) is 52.0 Å². The van der Waals surface area contributed by atoms with E-state index >= 15 is 0 Å². The number of hydrogen-bond acceptors (Lipinski definition) is 14. The summed E-state index contributed by atoms with van der Waals surface area (Å²) in [6.45, 7) is 12.3. The molecule has 0 aromatic heterocycles. The van der Waals surface area contributed by atoms with Crippen LogP contribution in [0.1, 0.15) is 229 Å². The van der Waals surface area contributed by atoms with Gasteiger partial charge in [-0.05, 0) is 139 Å². The van der Waals surface area contributed by atoms with Crippen LogP contribution >= 0.6 is 0 Å². The summed E-state index contributed by atoms with van der Waals surface area (Å²) in [5, 5.41) is 21.3. The van der Waals surface area contributed by atoms with Crippen LogP contribution in [-0.2, 0) is 67.1 Å². The van der Waals surface area contributed by atoms with Gasteiger partial charge >= 0.3 is 5.97 Å². The van der Waals surface area contributed by atoms with Gasteiger partial charge in [0.15, 0.2) is 0 Å². The zero-order valence-corrected chi connectivity index (χ0v) is 44.5. The Balaban J connectivity index is 7.74. The van der Waals surface area contributed by atoms with E-state index in [1.165, 1.54) is 62.3 Å². The van der Waals surface area contributed by atoms with Crippen molar-refractivity contribution in [1.82, 2.24) is 21.3 Å². The average molecular weight is 1020 g/mol. The Labute approximate surface area is 425 Å². The fourth-order valence-electron chi connectivity index (χ4n) is 8.70. The van der Waals surface area contributed by atoms with Crippen molar-refractivity contribution in [3.8, 4) is 0 Å². The summed E-state index contributed by atoms with van der Waals surface area (Å²) in [6.07, 6.45) is -1.98. The zero-order valence-electron chi connectivity index (χ0n) is 44.5. The van der Waals surface area contributed by atoms with Crippen LogP contribution in [0.2, 0.25) is 0 Å². The van der Waals surface area contributed by atoms with Gasteiger partial charge in [0, 0.05) is 106 Å². The molecule has 0 radical (unpaired) electrons. The third-order valence-electron chi connectivity index (χ3n) is 13.3. The summed E-state index contributed by atoms with van der Waals surface area (Å²) in [5.74, 6) is -5.67. The van der Waals surface area contributed by atoms with E-state index < -0.39 is 64.6 Å². The first-order chi connectivity index (χ1) is 33.4. The van der Waals surface area contributed by atoms with Gasteiger partial charge < -0.3 is 69.5 Å². The normalized spacial score (nSPS) is 11.7. The minimum absolute atomic E-state index is 0.0172. The van der Waals surface area contributed by atoms with Gasteiger partial charge in [0.05, 0.1) is 6.42 Å². The number of carboxylic acid groups (broad SMARTS) is 1. The third kappa shape index (κ3) is 31.0. The van der Waals surface area contributed by atoms with Crippen molar-refractivity contribution in [2.75, 3.05) is 0 Å². The highest BCUT2D eigenvalue weighted by Crippen LogP contribution is 2.33. The molecule has 0 spiro atoms. The number of carbonyl (C=O) groups is 14. The van der Waals surface area contributed by atoms with E-state index in [0.717, 1.165) is 0 Å². The van der Waals surface area contributed by atoms with Crippen LogP contribution in [0.5, 0.6) is 0 Å². The largest absolute Gasteiger partial charge is 0.481 e. The number of nitrogens with one attached hydrogen (secondary N) is 4. The minimum atomic E-state index is -1.62. The van der Waals surface area contributed by atoms with Crippen molar-refractivity contribution in [1.29, 1.82) is 0 Å². The molecule has 0 rings (SSSR count). The Morgan fingerprint density at radius 1 is 0.236 bits per heavy atom. The lowest BCUT2D eigenvalue weighted by molar-refractivity contribution is -0.139. The molecule has 0 heterocycles. The maximum Gasteiger partial charge on any atom is 0.303 e. The SMILES string of the molecule is CC(=O)CCC(CCC(C)=O)(CCC(C)=O)NC(=O)CCC(CCC(=O)NC(CCC(C)=O)(CCC(C)=O)CCC(C)=O)(CCC(=O)NC(CCC(C)=O)(CCC(C)=O)CCC(C)=O)NC(=O)CCC(=O)O. The summed E-state index contributed by atoms with van der Waals surface area (Å²) in [4.78, 5) is 179. The summed E-state index contributed by atoms with van der Waals surface area (Å²) in [7, 11) is 0. The van der Waals surface area contributed by atoms with E-state index in [1.807, 2.05) is 0 Å². The number of ketones is 9. The fraction of sp³-hybridized carbons (Fsp3) is 0.736. The summed E-state index contributed by atoms with van der Waals surface area (Å²) < 4.78 is 0. The highest BCUT2D eigenvalue weighted by molar-refractivity contribution is 5.84. The average Bonchev–Trinajstić information content (AvgIpc) is 3.27. The molecule has 0 unspecified atom stereocenters. The second-order valence-corrected chi connectivity index (χ2v) is 20.5. The molecule has 0 saturated carbocycles. The van der Waals surface area contributed by atoms with Gasteiger partial charge in [-0.25, -0.2) is 0 Å². The van der Waals surface area contributed by atoms with Gasteiger partial charge in [-0.15, -0.1) is 0 Å². The minimum Gasteiger partial charge on any atom is -0.481 e. The maximum absolute atomic E-state index is 14.3. The predicted octanol–water partition coefficient (Wildman–Crippen LogP) is 5.93. The lowest BCUT2D eigenvalue weighted by Crippen LogP contribution is -2.54. The molecule has 0 atom stereocenters. The monoisotopic (exact) mass is 1020 g/mol. The standard InChI is InChI=1S/C53H84N4O15/c1-36(58)12-24-50(25-13-37(2)59,26-14-38(3)60)55-46(68)21-33-53(54-45(67)10-11-49(71)72,34-22-47(69)56-51(27-15-39(4)61,28-16-40(5)62)29-17-41(6)63)35-23-48(70)57-52(30-18-42(7)64,31-19-43(8)65)32-20-44(9)66/h10-35H2,1-9H3,(H,54,67)(H,55,68)(H,56,69)(H,57,70)(H,71,72). The van der Waals surface area contributed by atoms with E-state index in [9.17, 15) is 72.2 Å². The van der Waals surface area contributed by atoms with Crippen LogP contribution in [-0.4, -0.2) is 109 Å². The molecule has 0 aliphatic carbocycles. The fourth-order valence-corrected chi connectivity index (χ4v) is 8.70. The number of aliphatic carboxylic acids is 1. The van der Waals surface area contributed by atoms with Crippen LogP contribution < -0.4 is 21.3 Å². The second kappa shape index (κ2) is 33.2. The molecule has 0 aromatic rings. The van der Waals surface area contributed by atoms with Crippen molar-refractivity contribution >= 4 is 81.6 Å². The number of carboxylic acids is 1. The van der Waals surface area contributed by atoms with Crippen LogP contribution in [0.15, 0.2) is 0 Å². The van der Waals surface area contributed by atoms with Crippen molar-refractivity contribution in [3.05, 3.63) is 0 Å². The smallest absolute Gasteiger partial charge is 0.303 e. The van der Waals surface area contributed by atoms with Gasteiger partial charge in [-0.1, -0.05) is 0 Å². The Hall–Kier alpha value is -5.62. The molecule has 19 heteroatoms. The molecule has 0 aromatic carbocycles. The molecule has 0 saturated heterocycles. The first kappa shape index (κ1) is 66.4. The van der Waals surface area contributed by atoms with E-state index in [4.69, 9.17) is 0 Å².